The molecule has 7 nitrogen and oxygen atoms in total. The summed E-state index contributed by atoms with van der Waals surface area (Å²) in [4.78, 5) is 38.8. The standard InChI is InChI=1S/C27H23ClN2O5S/c1-18-6-4-8-20(14-18)29-25(31)17-35-21-9-5-7-19(15-21)16-24-26(32)30(27(33)36-24)12-13-34-23-11-3-2-10-22(23)28/h2-11,14-16H,12-13,17H2,1H3,(H,29,31)/b24-16-. The van der Waals surface area contributed by atoms with Crippen LogP contribution in [0, 0.1) is 6.92 Å². The van der Waals surface area contributed by atoms with E-state index in [4.69, 9.17) is 21.1 Å². The van der Waals surface area contributed by atoms with Crippen molar-refractivity contribution in [3.8, 4) is 11.5 Å². The Bertz CT molecular complexity index is 1330. The maximum Gasteiger partial charge on any atom is 0.293 e. The van der Waals surface area contributed by atoms with E-state index in [2.05, 4.69) is 5.32 Å². The molecule has 0 bridgehead atoms. The second-order valence-electron chi connectivity index (χ2n) is 7.89. The van der Waals surface area contributed by atoms with E-state index in [0.29, 0.717) is 32.7 Å². The van der Waals surface area contributed by atoms with Crippen molar-refractivity contribution in [1.82, 2.24) is 4.90 Å². The second-order valence-corrected chi connectivity index (χ2v) is 9.29. The summed E-state index contributed by atoms with van der Waals surface area (Å²) < 4.78 is 11.2. The zero-order valence-corrected chi connectivity index (χ0v) is 21.0. The van der Waals surface area contributed by atoms with E-state index in [1.807, 2.05) is 31.2 Å². The zero-order chi connectivity index (χ0) is 25.5. The number of carbonyl (C=O) groups excluding carboxylic acids is 3. The van der Waals surface area contributed by atoms with Crippen LogP contribution in [0.3, 0.4) is 0 Å². The van der Waals surface area contributed by atoms with Gasteiger partial charge in [-0.25, -0.2) is 0 Å². The van der Waals surface area contributed by atoms with Gasteiger partial charge in [-0.05, 0) is 72.3 Å². The molecule has 3 aromatic rings. The summed E-state index contributed by atoms with van der Waals surface area (Å²) in [5.74, 6) is 0.282. The largest absolute Gasteiger partial charge is 0.490 e. The quantitative estimate of drug-likeness (QED) is 0.358. The molecule has 1 fully saturated rings. The van der Waals surface area contributed by atoms with E-state index in [0.717, 1.165) is 22.2 Å². The van der Waals surface area contributed by atoms with Gasteiger partial charge in [-0.1, -0.05) is 48.0 Å². The molecule has 1 N–H and O–H groups in total. The van der Waals surface area contributed by atoms with Gasteiger partial charge in [0.05, 0.1) is 16.5 Å². The minimum absolute atomic E-state index is 0.104. The summed E-state index contributed by atoms with van der Waals surface area (Å²) in [5.41, 5.74) is 2.41. The van der Waals surface area contributed by atoms with Gasteiger partial charge in [-0.15, -0.1) is 0 Å². The summed E-state index contributed by atoms with van der Waals surface area (Å²) in [6.07, 6.45) is 1.62. The first-order valence-corrected chi connectivity index (χ1v) is 12.3. The molecule has 1 heterocycles. The molecule has 0 spiro atoms. The highest BCUT2D eigenvalue weighted by Crippen LogP contribution is 2.32. The van der Waals surface area contributed by atoms with Crippen molar-refractivity contribution in [2.24, 2.45) is 0 Å². The number of benzene rings is 3. The fourth-order valence-corrected chi connectivity index (χ4v) is 4.47. The third kappa shape index (κ3) is 6.68. The Morgan fingerprint density at radius 2 is 1.83 bits per heavy atom. The molecule has 4 rings (SSSR count). The van der Waals surface area contributed by atoms with Gasteiger partial charge in [0.25, 0.3) is 17.1 Å². The summed E-state index contributed by atoms with van der Waals surface area (Å²) >= 11 is 6.93. The Labute approximate surface area is 218 Å². The van der Waals surface area contributed by atoms with Crippen LogP contribution < -0.4 is 14.8 Å². The van der Waals surface area contributed by atoms with E-state index < -0.39 is 5.91 Å². The maximum atomic E-state index is 12.8. The van der Waals surface area contributed by atoms with Gasteiger partial charge in [-0.3, -0.25) is 19.3 Å². The number of nitrogens with zero attached hydrogens (tertiary/aromatic N) is 1. The van der Waals surface area contributed by atoms with Crippen LogP contribution in [0.5, 0.6) is 11.5 Å². The van der Waals surface area contributed by atoms with Gasteiger partial charge in [0.2, 0.25) is 0 Å². The van der Waals surface area contributed by atoms with E-state index in [-0.39, 0.29) is 30.9 Å². The number of imide groups is 1. The molecular weight excluding hydrogens is 500 g/mol. The van der Waals surface area contributed by atoms with Crippen molar-refractivity contribution < 1.29 is 23.9 Å². The first kappa shape index (κ1) is 25.3. The number of rotatable bonds is 9. The van der Waals surface area contributed by atoms with Crippen molar-refractivity contribution in [2.45, 2.75) is 6.92 Å². The molecule has 36 heavy (non-hydrogen) atoms. The minimum atomic E-state index is -0.392. The van der Waals surface area contributed by atoms with Crippen LogP contribution in [0.2, 0.25) is 5.02 Å². The van der Waals surface area contributed by atoms with Crippen LogP contribution >= 0.6 is 23.4 Å². The zero-order valence-electron chi connectivity index (χ0n) is 19.4. The number of halogens is 1. The highest BCUT2D eigenvalue weighted by molar-refractivity contribution is 8.18. The molecule has 1 aliphatic heterocycles. The van der Waals surface area contributed by atoms with Crippen LogP contribution in [-0.4, -0.2) is 41.7 Å². The molecule has 0 radical (unpaired) electrons. The Kier molecular flexibility index (Phi) is 8.30. The molecule has 9 heteroatoms. The fraction of sp³-hybridized carbons (Fsp3) is 0.148. The van der Waals surface area contributed by atoms with E-state index in [1.165, 1.54) is 0 Å². The van der Waals surface area contributed by atoms with Crippen molar-refractivity contribution in [3.63, 3.8) is 0 Å². The highest BCUT2D eigenvalue weighted by atomic mass is 35.5. The Morgan fingerprint density at radius 3 is 2.64 bits per heavy atom. The van der Waals surface area contributed by atoms with Crippen LogP contribution in [0.1, 0.15) is 11.1 Å². The third-order valence-electron chi connectivity index (χ3n) is 5.11. The molecule has 0 aromatic heterocycles. The lowest BCUT2D eigenvalue weighted by Gasteiger charge is -2.13. The van der Waals surface area contributed by atoms with Crippen LogP contribution in [0.15, 0.2) is 77.7 Å². The first-order valence-electron chi connectivity index (χ1n) is 11.1. The second kappa shape index (κ2) is 11.8. The normalized spacial score (nSPS) is 14.3. The number of thioether (sulfide) groups is 1. The molecule has 0 atom stereocenters. The Balaban J connectivity index is 1.33. The maximum absolute atomic E-state index is 12.8. The smallest absolute Gasteiger partial charge is 0.293 e. The molecule has 0 unspecified atom stereocenters. The Hall–Kier alpha value is -3.75. The van der Waals surface area contributed by atoms with E-state index in [1.54, 1.807) is 54.6 Å². The average molecular weight is 523 g/mol. The number of nitrogens with one attached hydrogen (secondary N) is 1. The van der Waals surface area contributed by atoms with Gasteiger partial charge in [0.15, 0.2) is 6.61 Å². The number of anilines is 1. The lowest BCUT2D eigenvalue weighted by Crippen LogP contribution is -2.32. The number of amides is 3. The molecule has 0 saturated carbocycles. The SMILES string of the molecule is Cc1cccc(NC(=O)COc2cccc(/C=C3\SC(=O)N(CCOc4ccccc4Cl)C3=O)c2)c1. The summed E-state index contributed by atoms with van der Waals surface area (Å²) in [5, 5.41) is 2.88. The Morgan fingerprint density at radius 1 is 1.03 bits per heavy atom. The van der Waals surface area contributed by atoms with Crippen molar-refractivity contribution in [1.29, 1.82) is 0 Å². The van der Waals surface area contributed by atoms with E-state index >= 15 is 0 Å². The van der Waals surface area contributed by atoms with Gasteiger partial charge in [0, 0.05) is 5.69 Å². The van der Waals surface area contributed by atoms with Crippen LogP contribution in [0.25, 0.3) is 6.08 Å². The minimum Gasteiger partial charge on any atom is -0.490 e. The molecule has 3 aromatic carbocycles. The molecule has 1 aliphatic rings. The van der Waals surface area contributed by atoms with Crippen molar-refractivity contribution >= 4 is 52.2 Å². The summed E-state index contributed by atoms with van der Waals surface area (Å²) in [6.45, 7) is 2.01. The monoisotopic (exact) mass is 522 g/mol. The molecule has 184 valence electrons. The van der Waals surface area contributed by atoms with Gasteiger partial charge >= 0.3 is 0 Å². The predicted octanol–water partition coefficient (Wildman–Crippen LogP) is 5.78. The van der Waals surface area contributed by atoms with Crippen molar-refractivity contribution in [2.75, 3.05) is 25.1 Å². The third-order valence-corrected chi connectivity index (χ3v) is 6.33. The van der Waals surface area contributed by atoms with Gasteiger partial charge in [0.1, 0.15) is 18.1 Å². The van der Waals surface area contributed by atoms with Crippen molar-refractivity contribution in [3.05, 3.63) is 93.9 Å². The summed E-state index contributed by atoms with van der Waals surface area (Å²) in [6, 6.07) is 21.4. The average Bonchev–Trinajstić information content (AvgIpc) is 3.11. The van der Waals surface area contributed by atoms with Gasteiger partial charge in [-0.2, -0.15) is 0 Å². The topological polar surface area (TPSA) is 84.9 Å². The molecule has 3 amide bonds. The molecular formula is C27H23ClN2O5S. The van der Waals surface area contributed by atoms with Crippen LogP contribution in [0.4, 0.5) is 10.5 Å². The predicted molar refractivity (Wildman–Crippen MR) is 141 cm³/mol. The number of para-hydroxylation sites is 1. The summed E-state index contributed by atoms with van der Waals surface area (Å²) in [7, 11) is 0. The fourth-order valence-electron chi connectivity index (χ4n) is 3.42. The van der Waals surface area contributed by atoms with Gasteiger partial charge < -0.3 is 14.8 Å². The van der Waals surface area contributed by atoms with Crippen LogP contribution in [-0.2, 0) is 9.59 Å². The number of carbonyl (C=O) groups is 3. The molecule has 1 saturated heterocycles. The number of ether oxygens (including phenoxy) is 2. The lowest BCUT2D eigenvalue weighted by molar-refractivity contribution is -0.123. The first-order chi connectivity index (χ1) is 17.4. The van der Waals surface area contributed by atoms with E-state index in [9.17, 15) is 14.4 Å². The highest BCUT2D eigenvalue weighted by Gasteiger charge is 2.34. The lowest BCUT2D eigenvalue weighted by atomic mass is 10.2. The molecule has 0 aliphatic carbocycles. The number of hydrogen-bond donors (Lipinski definition) is 1. The number of hydrogen-bond acceptors (Lipinski definition) is 6. The number of aryl methyl sites for hydroxylation is 1.